The van der Waals surface area contributed by atoms with Gasteiger partial charge in [-0.25, -0.2) is 0 Å². The number of hydrogen-bond donors (Lipinski definition) is 0. The van der Waals surface area contributed by atoms with Crippen LogP contribution in [0.3, 0.4) is 0 Å². The molecule has 2 aliphatic heterocycles. The summed E-state index contributed by atoms with van der Waals surface area (Å²) >= 11 is 0. The normalized spacial score (nSPS) is 13.1. The molecule has 0 fully saturated rings. The van der Waals surface area contributed by atoms with E-state index in [-0.39, 0.29) is 56.0 Å². The second kappa shape index (κ2) is 18.8. The molecule has 2 aliphatic rings. The Morgan fingerprint density at radius 1 is 0.333 bits per heavy atom. The average Bonchev–Trinajstić information content (AvgIpc) is 3.58. The first-order valence-electron chi connectivity index (χ1n) is 25.6. The van der Waals surface area contributed by atoms with Gasteiger partial charge in [0.15, 0.2) is 0 Å². The summed E-state index contributed by atoms with van der Waals surface area (Å²) in [5.74, 6) is -1.47. The number of ether oxygens (including phenoxy) is 4. The highest BCUT2D eigenvalue weighted by Crippen LogP contribution is 2.58. The Bertz CT molecular complexity index is 3670. The van der Waals surface area contributed by atoms with E-state index in [1.54, 1.807) is 52.5 Å². The number of hydrogen-bond acceptors (Lipinski definition) is 10. The van der Waals surface area contributed by atoms with Crippen molar-refractivity contribution in [3.63, 3.8) is 0 Å². The number of rotatable bonds is 12. The van der Waals surface area contributed by atoms with Crippen LogP contribution in [0.25, 0.3) is 43.1 Å². The third-order valence-electron chi connectivity index (χ3n) is 14.9. The van der Waals surface area contributed by atoms with Gasteiger partial charge in [-0.2, -0.15) is 0 Å². The number of fused-ring (bicyclic) bond motifs is 2. The van der Waals surface area contributed by atoms with Gasteiger partial charge in [-0.15, -0.1) is 0 Å². The van der Waals surface area contributed by atoms with Crippen LogP contribution in [0.1, 0.15) is 85.9 Å². The van der Waals surface area contributed by atoms with Gasteiger partial charge in [0.1, 0.15) is 59.1 Å². The largest absolute Gasteiger partial charge is 0.456 e. The first-order chi connectivity index (χ1) is 37.1. The van der Waals surface area contributed by atoms with E-state index in [0.717, 1.165) is 54.3 Å². The van der Waals surface area contributed by atoms with Gasteiger partial charge < -0.3 is 28.7 Å². The van der Waals surface area contributed by atoms with E-state index in [9.17, 15) is 9.59 Å². The molecule has 9 aromatic rings. The minimum atomic E-state index is -0.730. The Hall–Kier alpha value is -9.30. The summed E-state index contributed by atoms with van der Waals surface area (Å²) in [7, 11) is 6.21. The maximum atomic E-state index is 15.3. The standard InChI is InChI=1S/C64H56N4O10/c1-31-13-17-43(35(5)21-31)75-47-25-39-53-40(62(72)67(61(39)71)29-51(69)65(9)10)27-49(77-45-19-15-33(3)23-37(45)7)57-58-50(78-46-20-16-34(4)24-38(46)8)28-42-54-41(63(73)68(64(42)74)30-52(70)66(11)12)26-48(56(60(54)58)55(47)59(53)57)76-44-18-14-32(2)22-36(44)6/h13-28H,29-30H2,1-12H3. The van der Waals surface area contributed by atoms with Crippen LogP contribution in [0.15, 0.2) is 97.1 Å². The molecule has 6 amide bonds. The van der Waals surface area contributed by atoms with Crippen molar-refractivity contribution in [2.75, 3.05) is 41.3 Å². The van der Waals surface area contributed by atoms with Gasteiger partial charge in [-0.05, 0) is 126 Å². The van der Waals surface area contributed by atoms with Crippen LogP contribution in [0, 0.1) is 55.4 Å². The number of nitrogens with zero attached hydrogens (tertiary/aromatic N) is 4. The van der Waals surface area contributed by atoms with Crippen LogP contribution >= 0.6 is 0 Å². The fourth-order valence-corrected chi connectivity index (χ4v) is 10.9. The molecule has 0 atom stereocenters. The van der Waals surface area contributed by atoms with Crippen LogP contribution in [-0.2, 0) is 9.59 Å². The number of aryl methyl sites for hydroxylation is 8. The smallest absolute Gasteiger partial charge is 0.262 e. The molecular weight excluding hydrogens is 985 g/mol. The molecule has 11 rings (SSSR count). The van der Waals surface area contributed by atoms with Gasteiger partial charge in [0, 0.05) is 71.3 Å². The summed E-state index contributed by atoms with van der Waals surface area (Å²) in [6.45, 7) is 14.4. The Morgan fingerprint density at radius 3 is 0.769 bits per heavy atom. The Morgan fingerprint density at radius 2 is 0.564 bits per heavy atom. The minimum absolute atomic E-state index is 0.0725. The van der Waals surface area contributed by atoms with Crippen molar-refractivity contribution in [2.45, 2.75) is 55.4 Å². The average molecular weight is 1040 g/mol. The molecule has 0 saturated carbocycles. The highest BCUT2D eigenvalue weighted by atomic mass is 16.5. The number of benzene rings is 9. The third kappa shape index (κ3) is 8.26. The molecule has 0 saturated heterocycles. The number of carbonyl (C=O) groups is 6. The Balaban J connectivity index is 1.41. The van der Waals surface area contributed by atoms with E-state index in [2.05, 4.69) is 0 Å². The fraction of sp³-hybridized carbons (Fsp3) is 0.219. The molecule has 2 heterocycles. The quantitative estimate of drug-likeness (QED) is 0.0656. The number of likely N-dealkylation sites (N-methyl/N-ethyl adjacent to an activating group) is 2. The lowest BCUT2D eigenvalue weighted by Gasteiger charge is -2.32. The monoisotopic (exact) mass is 1040 g/mol. The van der Waals surface area contributed by atoms with E-state index in [1.165, 1.54) is 9.80 Å². The van der Waals surface area contributed by atoms with Gasteiger partial charge in [0.2, 0.25) is 11.8 Å². The molecular formula is C64H56N4O10. The van der Waals surface area contributed by atoms with Crippen LogP contribution in [0.4, 0.5) is 0 Å². The van der Waals surface area contributed by atoms with E-state index in [0.29, 0.717) is 55.3 Å². The summed E-state index contributed by atoms with van der Waals surface area (Å²) in [6, 6.07) is 29.2. The van der Waals surface area contributed by atoms with Gasteiger partial charge in [0.05, 0.1) is 22.3 Å². The lowest BCUT2D eigenvalue weighted by Crippen LogP contribution is -2.46. The zero-order chi connectivity index (χ0) is 55.5. The third-order valence-corrected chi connectivity index (χ3v) is 14.9. The maximum absolute atomic E-state index is 15.3. The zero-order valence-electron chi connectivity index (χ0n) is 45.5. The van der Waals surface area contributed by atoms with Gasteiger partial charge in [-0.3, -0.25) is 38.6 Å². The molecule has 392 valence electrons. The molecule has 0 radical (unpaired) electrons. The van der Waals surface area contributed by atoms with Crippen molar-refractivity contribution in [2.24, 2.45) is 0 Å². The van der Waals surface area contributed by atoms with Crippen LogP contribution in [0.2, 0.25) is 0 Å². The lowest BCUT2D eigenvalue weighted by atomic mass is 9.80. The van der Waals surface area contributed by atoms with E-state index in [1.807, 2.05) is 128 Å². The molecule has 14 nitrogen and oxygen atoms in total. The molecule has 0 bridgehead atoms. The van der Waals surface area contributed by atoms with Gasteiger partial charge in [-0.1, -0.05) is 70.8 Å². The molecule has 0 aromatic heterocycles. The Labute approximate surface area is 450 Å². The summed E-state index contributed by atoms with van der Waals surface area (Å²) in [6.07, 6.45) is 0. The summed E-state index contributed by atoms with van der Waals surface area (Å²) < 4.78 is 28.5. The second-order valence-electron chi connectivity index (χ2n) is 21.1. The van der Waals surface area contributed by atoms with E-state index >= 15 is 19.2 Å². The maximum Gasteiger partial charge on any atom is 0.262 e. The van der Waals surface area contributed by atoms with Gasteiger partial charge in [0.25, 0.3) is 23.6 Å². The highest BCUT2D eigenvalue weighted by molar-refractivity contribution is 6.45. The van der Waals surface area contributed by atoms with Crippen molar-refractivity contribution in [3.8, 4) is 46.0 Å². The van der Waals surface area contributed by atoms with Crippen LogP contribution in [0.5, 0.6) is 46.0 Å². The van der Waals surface area contributed by atoms with Crippen molar-refractivity contribution in [1.29, 1.82) is 0 Å². The molecule has 0 aliphatic carbocycles. The minimum Gasteiger partial charge on any atom is -0.456 e. The fourth-order valence-electron chi connectivity index (χ4n) is 10.9. The van der Waals surface area contributed by atoms with Crippen LogP contribution < -0.4 is 18.9 Å². The topological polar surface area (TPSA) is 152 Å². The second-order valence-corrected chi connectivity index (χ2v) is 21.1. The van der Waals surface area contributed by atoms with Gasteiger partial charge >= 0.3 is 0 Å². The summed E-state index contributed by atoms with van der Waals surface area (Å²) in [4.78, 5) is 92.8. The molecule has 9 aromatic carbocycles. The predicted molar refractivity (Wildman–Crippen MR) is 300 cm³/mol. The lowest BCUT2D eigenvalue weighted by molar-refractivity contribution is -0.129. The SMILES string of the molecule is Cc1ccc(Oc2cc3c4c(cc(Oc5ccc(C)cc5C)c5c6c(Oc7ccc(C)cc7C)cc7c8c(cc(Oc9ccc(C)cc9C)c(c2c45)c86)C(=O)N(CC(=O)N(C)C)C7=O)C(=O)N(CC(=O)N(C)C)C3=O)c(C)c1. The zero-order valence-corrected chi connectivity index (χ0v) is 45.5. The summed E-state index contributed by atoms with van der Waals surface area (Å²) in [5.41, 5.74) is 7.31. The first kappa shape index (κ1) is 50.8. The molecule has 0 unspecified atom stereocenters. The Kier molecular flexibility index (Phi) is 12.2. The molecule has 0 spiro atoms. The number of imide groups is 2. The number of amides is 6. The van der Waals surface area contributed by atoms with Crippen molar-refractivity contribution in [1.82, 2.24) is 19.6 Å². The van der Waals surface area contributed by atoms with Crippen LogP contribution in [-0.4, -0.2) is 96.3 Å². The first-order valence-corrected chi connectivity index (χ1v) is 25.6. The summed E-state index contributed by atoms with van der Waals surface area (Å²) in [5, 5.41) is 2.62. The molecule has 0 N–H and O–H groups in total. The van der Waals surface area contributed by atoms with Crippen molar-refractivity contribution < 1.29 is 47.7 Å². The highest BCUT2D eigenvalue weighted by Gasteiger charge is 2.42. The molecule has 78 heavy (non-hydrogen) atoms. The van der Waals surface area contributed by atoms with Crippen molar-refractivity contribution in [3.05, 3.63) is 164 Å². The van der Waals surface area contributed by atoms with E-state index in [4.69, 9.17) is 18.9 Å². The molecule has 14 heteroatoms. The number of carbonyl (C=O) groups excluding carboxylic acids is 6. The van der Waals surface area contributed by atoms with Crippen molar-refractivity contribution >= 4 is 78.5 Å². The van der Waals surface area contributed by atoms with E-state index < -0.39 is 48.5 Å². The predicted octanol–water partition coefficient (Wildman–Crippen LogP) is 12.7.